The van der Waals surface area contributed by atoms with Crippen molar-refractivity contribution in [1.82, 2.24) is 0 Å². The Bertz CT molecular complexity index is 1760. The van der Waals surface area contributed by atoms with Gasteiger partial charge >= 0.3 is 17.9 Å². The highest BCUT2D eigenvalue weighted by atomic mass is 16.6. The zero-order valence-corrected chi connectivity index (χ0v) is 22.7. The maximum Gasteiger partial charge on any atom is 0.315 e. The van der Waals surface area contributed by atoms with Gasteiger partial charge in [-0.05, 0) is 46.5 Å². The summed E-state index contributed by atoms with van der Waals surface area (Å²) in [5.41, 5.74) is 4.94. The number of benzene rings is 4. The number of rotatable bonds is 4. The standard InChI is InChI=1S/C36H28O6/c37-34(27-16-24-20-11-3-5-13-22(20)29(27)23-14-6-4-12-21(23)24)41-32-25-17-26-31(36(39)42-33(26)32)30(25)35(38)40-28-15-7-9-18-8-1-2-10-19(18)28/h1-15,24-27,29-33H,16-17H2. The van der Waals surface area contributed by atoms with Crippen molar-refractivity contribution >= 4 is 28.7 Å². The summed E-state index contributed by atoms with van der Waals surface area (Å²) in [5, 5.41) is 1.80. The van der Waals surface area contributed by atoms with Gasteiger partial charge in [0.15, 0.2) is 0 Å². The summed E-state index contributed by atoms with van der Waals surface area (Å²) in [4.78, 5) is 40.8. The van der Waals surface area contributed by atoms with Gasteiger partial charge in [0.25, 0.3) is 0 Å². The van der Waals surface area contributed by atoms with Crippen molar-refractivity contribution in [2.45, 2.75) is 36.9 Å². The number of esters is 3. The molecular weight excluding hydrogens is 528 g/mol. The molecule has 6 heteroatoms. The lowest BCUT2D eigenvalue weighted by Gasteiger charge is -2.45. The fourth-order valence-corrected chi connectivity index (χ4v) is 9.02. The molecule has 4 bridgehead atoms. The van der Waals surface area contributed by atoms with Gasteiger partial charge in [-0.1, -0.05) is 84.9 Å². The average Bonchev–Trinajstić information content (AvgIpc) is 3.65. The number of carbonyl (C=O) groups is 3. The third-order valence-corrected chi connectivity index (χ3v) is 10.6. The van der Waals surface area contributed by atoms with E-state index in [4.69, 9.17) is 14.2 Å². The van der Waals surface area contributed by atoms with Gasteiger partial charge < -0.3 is 14.2 Å². The van der Waals surface area contributed by atoms with Crippen LogP contribution in [0.3, 0.4) is 0 Å². The van der Waals surface area contributed by atoms with Gasteiger partial charge in [0.2, 0.25) is 0 Å². The maximum atomic E-state index is 14.0. The van der Waals surface area contributed by atoms with E-state index in [0.29, 0.717) is 18.6 Å². The molecule has 4 aromatic rings. The molecule has 5 aliphatic carbocycles. The summed E-state index contributed by atoms with van der Waals surface area (Å²) in [7, 11) is 0. The van der Waals surface area contributed by atoms with Gasteiger partial charge in [-0.2, -0.15) is 0 Å². The van der Waals surface area contributed by atoms with Crippen molar-refractivity contribution in [2.75, 3.05) is 0 Å². The van der Waals surface area contributed by atoms with Crippen LogP contribution in [0.1, 0.15) is 46.9 Å². The van der Waals surface area contributed by atoms with E-state index < -0.39 is 30.0 Å². The first-order chi connectivity index (χ1) is 20.6. The minimum absolute atomic E-state index is 0.0838. The number of hydrogen-bond acceptors (Lipinski definition) is 6. The van der Waals surface area contributed by atoms with Crippen LogP contribution in [0.2, 0.25) is 0 Å². The molecule has 7 unspecified atom stereocenters. The number of hydrogen-bond donors (Lipinski definition) is 0. The Kier molecular flexibility index (Phi) is 5.05. The molecule has 2 saturated carbocycles. The van der Waals surface area contributed by atoms with Crippen LogP contribution in [0.5, 0.6) is 5.75 Å². The van der Waals surface area contributed by atoms with Gasteiger partial charge in [0.05, 0.1) is 17.8 Å². The number of fused-ring (bicyclic) bond motifs is 3. The lowest BCUT2D eigenvalue weighted by atomic mass is 9.59. The van der Waals surface area contributed by atoms with Crippen molar-refractivity contribution < 1.29 is 28.6 Å². The highest BCUT2D eigenvalue weighted by Gasteiger charge is 2.70. The molecule has 1 saturated heterocycles. The minimum Gasteiger partial charge on any atom is -0.458 e. The first-order valence-corrected chi connectivity index (χ1v) is 14.9. The monoisotopic (exact) mass is 556 g/mol. The molecule has 0 N–H and O–H groups in total. The topological polar surface area (TPSA) is 78.9 Å². The summed E-state index contributed by atoms with van der Waals surface area (Å²) >= 11 is 0. The second-order valence-electron chi connectivity index (χ2n) is 12.4. The SMILES string of the molecule is O=C(OC1C2CC3C1OC(=O)C3C2C(=O)Oc1cccc2ccccc12)C1CC2c3ccccc3C1c1ccccc12. The Labute approximate surface area is 242 Å². The summed E-state index contributed by atoms with van der Waals surface area (Å²) in [5.74, 6) is -2.65. The molecular formula is C36H28O6. The quantitative estimate of drug-likeness (QED) is 0.235. The van der Waals surface area contributed by atoms with Crippen molar-refractivity contribution in [3.8, 4) is 5.75 Å². The molecule has 7 atom stereocenters. The van der Waals surface area contributed by atoms with Crippen LogP contribution in [0.15, 0.2) is 91.0 Å². The molecule has 0 spiro atoms. The third-order valence-electron chi connectivity index (χ3n) is 10.6. The fraction of sp³-hybridized carbons (Fsp3) is 0.306. The lowest BCUT2D eigenvalue weighted by molar-refractivity contribution is -0.169. The van der Waals surface area contributed by atoms with Crippen LogP contribution in [-0.4, -0.2) is 30.1 Å². The van der Waals surface area contributed by atoms with Crippen LogP contribution in [0, 0.1) is 29.6 Å². The Morgan fingerprint density at radius 1 is 0.714 bits per heavy atom. The smallest absolute Gasteiger partial charge is 0.315 e. The van der Waals surface area contributed by atoms with E-state index in [1.54, 1.807) is 6.07 Å². The predicted octanol–water partition coefficient (Wildman–Crippen LogP) is 5.76. The molecule has 3 fully saturated rings. The summed E-state index contributed by atoms with van der Waals surface area (Å²) in [6, 6.07) is 30.1. The normalized spacial score (nSPS) is 32.8. The molecule has 208 valence electrons. The lowest BCUT2D eigenvalue weighted by Crippen LogP contribution is -2.46. The van der Waals surface area contributed by atoms with E-state index in [9.17, 15) is 14.4 Å². The van der Waals surface area contributed by atoms with E-state index in [0.717, 1.165) is 10.8 Å². The Morgan fingerprint density at radius 3 is 2.14 bits per heavy atom. The van der Waals surface area contributed by atoms with Crippen molar-refractivity contribution in [1.29, 1.82) is 0 Å². The van der Waals surface area contributed by atoms with E-state index in [2.05, 4.69) is 36.4 Å². The molecule has 4 aromatic carbocycles. The molecule has 6 nitrogen and oxygen atoms in total. The largest absolute Gasteiger partial charge is 0.458 e. The Balaban J connectivity index is 1.01. The third kappa shape index (κ3) is 3.23. The maximum absolute atomic E-state index is 14.0. The van der Waals surface area contributed by atoms with Gasteiger partial charge in [-0.15, -0.1) is 0 Å². The van der Waals surface area contributed by atoms with Crippen LogP contribution in [0.25, 0.3) is 10.8 Å². The van der Waals surface area contributed by atoms with E-state index >= 15 is 0 Å². The zero-order valence-electron chi connectivity index (χ0n) is 22.7. The highest BCUT2D eigenvalue weighted by Crippen LogP contribution is 2.60. The van der Waals surface area contributed by atoms with E-state index in [-0.39, 0.29) is 41.5 Å². The van der Waals surface area contributed by atoms with Crippen LogP contribution < -0.4 is 4.74 Å². The summed E-state index contributed by atoms with van der Waals surface area (Å²) in [6.07, 6.45) is 0.133. The van der Waals surface area contributed by atoms with E-state index in [1.165, 1.54) is 22.3 Å². The molecule has 42 heavy (non-hydrogen) atoms. The van der Waals surface area contributed by atoms with Crippen LogP contribution in [-0.2, 0) is 23.9 Å². The van der Waals surface area contributed by atoms with Gasteiger partial charge in [-0.25, -0.2) is 0 Å². The summed E-state index contributed by atoms with van der Waals surface area (Å²) < 4.78 is 18.1. The zero-order chi connectivity index (χ0) is 28.1. The highest BCUT2D eigenvalue weighted by molar-refractivity contribution is 5.92. The number of carbonyl (C=O) groups excluding carboxylic acids is 3. The second kappa shape index (κ2) is 8.78. The molecule has 10 rings (SSSR count). The van der Waals surface area contributed by atoms with Gasteiger partial charge in [-0.3, -0.25) is 14.4 Å². The fourth-order valence-electron chi connectivity index (χ4n) is 9.02. The van der Waals surface area contributed by atoms with Crippen LogP contribution in [0.4, 0.5) is 0 Å². The molecule has 0 aromatic heterocycles. The van der Waals surface area contributed by atoms with Crippen molar-refractivity contribution in [2.24, 2.45) is 29.6 Å². The molecule has 1 heterocycles. The second-order valence-corrected chi connectivity index (χ2v) is 12.4. The Morgan fingerprint density at radius 2 is 1.38 bits per heavy atom. The molecule has 6 aliphatic rings. The molecule has 1 aliphatic heterocycles. The van der Waals surface area contributed by atoms with Gasteiger partial charge in [0.1, 0.15) is 18.0 Å². The first-order valence-electron chi connectivity index (χ1n) is 14.9. The van der Waals surface area contributed by atoms with Gasteiger partial charge in [0, 0.05) is 29.1 Å². The predicted molar refractivity (Wildman–Crippen MR) is 153 cm³/mol. The molecule has 0 amide bonds. The van der Waals surface area contributed by atoms with Crippen LogP contribution >= 0.6 is 0 Å². The van der Waals surface area contributed by atoms with E-state index in [1.807, 2.05) is 48.5 Å². The minimum atomic E-state index is -0.706. The summed E-state index contributed by atoms with van der Waals surface area (Å²) in [6.45, 7) is 0. The van der Waals surface area contributed by atoms with Crippen molar-refractivity contribution in [3.63, 3.8) is 0 Å². The molecule has 0 radical (unpaired) electrons. The Hall–Kier alpha value is -4.45. The van der Waals surface area contributed by atoms with Crippen molar-refractivity contribution in [3.05, 3.63) is 113 Å². The average molecular weight is 557 g/mol. The first kappa shape index (κ1) is 24.2. The number of ether oxygens (including phenoxy) is 3.